The molecule has 22 heavy (non-hydrogen) atoms. The first-order valence-electron chi connectivity index (χ1n) is 7.34. The van der Waals surface area contributed by atoms with Crippen LogP contribution in [-0.2, 0) is 6.42 Å². The lowest BCUT2D eigenvalue weighted by Gasteiger charge is -2.21. The molecule has 2 rings (SSSR count). The summed E-state index contributed by atoms with van der Waals surface area (Å²) in [6.45, 7) is 0.946. The average molecular weight is 338 g/mol. The van der Waals surface area contributed by atoms with Crippen LogP contribution in [0.3, 0.4) is 0 Å². The lowest BCUT2D eigenvalue weighted by molar-refractivity contribution is 0.378. The molecule has 118 valence electrons. The fourth-order valence-corrected chi connectivity index (χ4v) is 3.01. The molecule has 0 aliphatic rings. The second-order valence-electron chi connectivity index (χ2n) is 5.79. The zero-order chi connectivity index (χ0) is 16.1. The summed E-state index contributed by atoms with van der Waals surface area (Å²) in [5.74, 6) is 0.539. The van der Waals surface area contributed by atoms with Crippen LogP contribution in [0.2, 0.25) is 10.0 Å². The molecule has 0 heterocycles. The van der Waals surface area contributed by atoms with E-state index in [2.05, 4.69) is 19.0 Å². The second kappa shape index (κ2) is 7.87. The third-order valence-corrected chi connectivity index (χ3v) is 4.36. The molecule has 0 saturated carbocycles. The molecule has 0 amide bonds. The molecule has 1 unspecified atom stereocenters. The normalized spacial score (nSPS) is 12.6. The third kappa shape index (κ3) is 4.64. The molecular weight excluding hydrogens is 317 g/mol. The molecule has 0 aliphatic heterocycles. The average Bonchev–Trinajstić information content (AvgIpc) is 2.48. The zero-order valence-electron chi connectivity index (χ0n) is 12.9. The van der Waals surface area contributed by atoms with Crippen LogP contribution in [-0.4, -0.2) is 30.6 Å². The Morgan fingerprint density at radius 3 is 2.50 bits per heavy atom. The van der Waals surface area contributed by atoms with Crippen molar-refractivity contribution in [2.24, 2.45) is 0 Å². The number of phenols is 1. The maximum absolute atomic E-state index is 10.0. The molecule has 0 spiro atoms. The first-order valence-corrected chi connectivity index (χ1v) is 8.09. The third-order valence-electron chi connectivity index (χ3n) is 3.78. The minimum atomic E-state index is 0.210. The number of phenolic OH excluding ortho intramolecular Hbond substituents is 1. The van der Waals surface area contributed by atoms with Gasteiger partial charge in [-0.3, -0.25) is 0 Å². The number of hydrogen-bond donors (Lipinski definition) is 1. The molecule has 0 aliphatic carbocycles. The molecule has 0 bridgehead atoms. The molecule has 0 saturated heterocycles. The topological polar surface area (TPSA) is 23.5 Å². The van der Waals surface area contributed by atoms with Gasteiger partial charge in [0, 0.05) is 10.0 Å². The molecule has 0 radical (unpaired) electrons. The van der Waals surface area contributed by atoms with Crippen LogP contribution < -0.4 is 0 Å². The van der Waals surface area contributed by atoms with E-state index in [1.807, 2.05) is 30.3 Å². The summed E-state index contributed by atoms with van der Waals surface area (Å²) in [5, 5.41) is 11.5. The highest BCUT2D eigenvalue weighted by atomic mass is 35.5. The summed E-state index contributed by atoms with van der Waals surface area (Å²) in [6.07, 6.45) is 1.68. The van der Waals surface area contributed by atoms with Gasteiger partial charge < -0.3 is 10.0 Å². The van der Waals surface area contributed by atoms with Gasteiger partial charge in [-0.25, -0.2) is 0 Å². The molecule has 2 aromatic carbocycles. The van der Waals surface area contributed by atoms with Gasteiger partial charge >= 0.3 is 0 Å². The Bertz CT molecular complexity index is 628. The van der Waals surface area contributed by atoms with E-state index < -0.39 is 0 Å². The fourth-order valence-electron chi connectivity index (χ4n) is 2.56. The van der Waals surface area contributed by atoms with Gasteiger partial charge in [0.15, 0.2) is 0 Å². The Kier molecular flexibility index (Phi) is 6.13. The van der Waals surface area contributed by atoms with Crippen molar-refractivity contribution in [1.29, 1.82) is 0 Å². The van der Waals surface area contributed by atoms with Gasteiger partial charge in [0.2, 0.25) is 0 Å². The van der Waals surface area contributed by atoms with E-state index in [0.29, 0.717) is 10.8 Å². The molecule has 1 atom stereocenters. The zero-order valence-corrected chi connectivity index (χ0v) is 14.4. The SMILES string of the molecule is CN(C)CCC(Cc1ccccc1O)c1cc(Cl)ccc1Cl. The smallest absolute Gasteiger partial charge is 0.118 e. The van der Waals surface area contributed by atoms with E-state index in [4.69, 9.17) is 23.2 Å². The predicted octanol–water partition coefficient (Wildman–Crippen LogP) is 4.98. The van der Waals surface area contributed by atoms with Gasteiger partial charge in [0.05, 0.1) is 0 Å². The van der Waals surface area contributed by atoms with Crippen LogP contribution >= 0.6 is 23.2 Å². The Balaban J connectivity index is 2.30. The van der Waals surface area contributed by atoms with Crippen molar-refractivity contribution in [2.45, 2.75) is 18.8 Å². The number of hydrogen-bond acceptors (Lipinski definition) is 2. The van der Waals surface area contributed by atoms with Crippen LogP contribution in [0.5, 0.6) is 5.75 Å². The van der Waals surface area contributed by atoms with E-state index in [0.717, 1.165) is 35.5 Å². The number of rotatable bonds is 6. The summed E-state index contributed by atoms with van der Waals surface area (Å²) in [6, 6.07) is 13.0. The van der Waals surface area contributed by atoms with Crippen LogP contribution in [0.25, 0.3) is 0 Å². The van der Waals surface area contributed by atoms with E-state index in [1.165, 1.54) is 0 Å². The van der Waals surface area contributed by atoms with Crippen molar-refractivity contribution in [3.63, 3.8) is 0 Å². The summed E-state index contributed by atoms with van der Waals surface area (Å²) < 4.78 is 0. The Morgan fingerprint density at radius 2 is 1.82 bits per heavy atom. The fraction of sp³-hybridized carbons (Fsp3) is 0.333. The van der Waals surface area contributed by atoms with Gasteiger partial charge in [-0.15, -0.1) is 0 Å². The van der Waals surface area contributed by atoms with Crippen LogP contribution in [0.4, 0.5) is 0 Å². The van der Waals surface area contributed by atoms with E-state index in [9.17, 15) is 5.11 Å². The van der Waals surface area contributed by atoms with Crippen molar-refractivity contribution in [3.8, 4) is 5.75 Å². The minimum absolute atomic E-state index is 0.210. The van der Waals surface area contributed by atoms with Gasteiger partial charge in [-0.05, 0) is 74.8 Å². The van der Waals surface area contributed by atoms with Crippen molar-refractivity contribution >= 4 is 23.2 Å². The van der Waals surface area contributed by atoms with Gasteiger partial charge in [-0.1, -0.05) is 41.4 Å². The number of benzene rings is 2. The predicted molar refractivity (Wildman–Crippen MR) is 94.2 cm³/mol. The Labute approximate surface area is 142 Å². The van der Waals surface area contributed by atoms with Crippen LogP contribution in [0, 0.1) is 0 Å². The quantitative estimate of drug-likeness (QED) is 0.803. The molecule has 2 nitrogen and oxygen atoms in total. The van der Waals surface area contributed by atoms with Crippen LogP contribution in [0.15, 0.2) is 42.5 Å². The number of nitrogens with zero attached hydrogens (tertiary/aromatic N) is 1. The standard InChI is InChI=1S/C18H21Cl2NO/c1-21(2)10-9-13(11-14-5-3-4-6-18(14)22)16-12-15(19)7-8-17(16)20/h3-8,12-13,22H,9-11H2,1-2H3. The van der Waals surface area contributed by atoms with Gasteiger partial charge in [-0.2, -0.15) is 0 Å². The number of para-hydroxylation sites is 1. The summed E-state index contributed by atoms with van der Waals surface area (Å²) in [7, 11) is 4.10. The molecule has 0 aromatic heterocycles. The Morgan fingerprint density at radius 1 is 1.09 bits per heavy atom. The molecule has 4 heteroatoms. The van der Waals surface area contributed by atoms with Crippen molar-refractivity contribution in [3.05, 3.63) is 63.6 Å². The molecule has 2 aromatic rings. The molecule has 0 fully saturated rings. The van der Waals surface area contributed by atoms with Gasteiger partial charge in [0.25, 0.3) is 0 Å². The van der Waals surface area contributed by atoms with Gasteiger partial charge in [0.1, 0.15) is 5.75 Å². The van der Waals surface area contributed by atoms with E-state index in [-0.39, 0.29) is 5.92 Å². The van der Waals surface area contributed by atoms with Crippen LogP contribution in [0.1, 0.15) is 23.5 Å². The number of aromatic hydroxyl groups is 1. The van der Waals surface area contributed by atoms with Crippen molar-refractivity contribution in [1.82, 2.24) is 4.90 Å². The Hall–Kier alpha value is -1.22. The van der Waals surface area contributed by atoms with E-state index >= 15 is 0 Å². The largest absolute Gasteiger partial charge is 0.508 e. The first kappa shape index (κ1) is 17.1. The molecule has 1 N–H and O–H groups in total. The lowest BCUT2D eigenvalue weighted by atomic mass is 9.88. The lowest BCUT2D eigenvalue weighted by Crippen LogP contribution is -2.17. The molecular formula is C18H21Cl2NO. The van der Waals surface area contributed by atoms with Crippen molar-refractivity contribution < 1.29 is 5.11 Å². The van der Waals surface area contributed by atoms with E-state index in [1.54, 1.807) is 12.1 Å². The maximum atomic E-state index is 10.0. The second-order valence-corrected chi connectivity index (χ2v) is 6.63. The first-order chi connectivity index (χ1) is 10.5. The van der Waals surface area contributed by atoms with Crippen molar-refractivity contribution in [2.75, 3.05) is 20.6 Å². The number of halogens is 2. The highest BCUT2D eigenvalue weighted by Gasteiger charge is 2.18. The highest BCUT2D eigenvalue weighted by Crippen LogP contribution is 2.34. The highest BCUT2D eigenvalue weighted by molar-refractivity contribution is 6.33. The maximum Gasteiger partial charge on any atom is 0.118 e. The minimum Gasteiger partial charge on any atom is -0.508 e. The summed E-state index contributed by atoms with van der Waals surface area (Å²) >= 11 is 12.5. The summed E-state index contributed by atoms with van der Waals surface area (Å²) in [4.78, 5) is 2.15. The summed E-state index contributed by atoms with van der Waals surface area (Å²) in [5.41, 5.74) is 1.97. The monoisotopic (exact) mass is 337 g/mol.